The zero-order valence-corrected chi connectivity index (χ0v) is 12.0. The molecule has 106 valence electrons. The van der Waals surface area contributed by atoms with E-state index in [2.05, 4.69) is 57.9 Å². The van der Waals surface area contributed by atoms with Gasteiger partial charge < -0.3 is 10.6 Å². The lowest BCUT2D eigenvalue weighted by Gasteiger charge is -2.10. The lowest BCUT2D eigenvalue weighted by atomic mass is 10.1. The first-order chi connectivity index (χ1) is 10.4. The standard InChI is InChI=1S/C17H18N4/c1-2-19-15-9-16(12-18-11-15)21-10-14-6-3-5-13-7-4-8-20-17(13)14/h3-9,11-12,19,21H,2,10H2,1H3. The van der Waals surface area contributed by atoms with E-state index in [1.807, 2.05) is 24.7 Å². The molecule has 0 atom stereocenters. The molecular formula is C17H18N4. The molecule has 0 fully saturated rings. The predicted molar refractivity (Wildman–Crippen MR) is 87.5 cm³/mol. The summed E-state index contributed by atoms with van der Waals surface area (Å²) in [6, 6.07) is 12.4. The van der Waals surface area contributed by atoms with Gasteiger partial charge in [-0.3, -0.25) is 9.97 Å². The highest BCUT2D eigenvalue weighted by atomic mass is 14.9. The van der Waals surface area contributed by atoms with E-state index in [1.54, 1.807) is 0 Å². The molecule has 2 N–H and O–H groups in total. The summed E-state index contributed by atoms with van der Waals surface area (Å²) < 4.78 is 0. The summed E-state index contributed by atoms with van der Waals surface area (Å²) in [6.07, 6.45) is 5.49. The van der Waals surface area contributed by atoms with Gasteiger partial charge in [-0.25, -0.2) is 0 Å². The molecule has 4 nitrogen and oxygen atoms in total. The third-order valence-corrected chi connectivity index (χ3v) is 3.32. The number of nitrogens with one attached hydrogen (secondary N) is 2. The van der Waals surface area contributed by atoms with Crippen LogP contribution in [0.15, 0.2) is 55.0 Å². The number of anilines is 2. The van der Waals surface area contributed by atoms with Gasteiger partial charge in [-0.05, 0) is 24.6 Å². The molecule has 1 aromatic carbocycles. The zero-order chi connectivity index (χ0) is 14.5. The molecule has 21 heavy (non-hydrogen) atoms. The first-order valence-corrected chi connectivity index (χ1v) is 7.12. The Labute approximate surface area is 124 Å². The summed E-state index contributed by atoms with van der Waals surface area (Å²) in [7, 11) is 0. The number of aromatic nitrogens is 2. The minimum absolute atomic E-state index is 0.728. The van der Waals surface area contributed by atoms with E-state index < -0.39 is 0 Å². The molecule has 2 aromatic heterocycles. The third kappa shape index (κ3) is 3.11. The monoisotopic (exact) mass is 278 g/mol. The van der Waals surface area contributed by atoms with Gasteiger partial charge in [0, 0.05) is 24.7 Å². The molecule has 0 saturated heterocycles. The number of rotatable bonds is 5. The fourth-order valence-electron chi connectivity index (χ4n) is 2.34. The zero-order valence-electron chi connectivity index (χ0n) is 12.0. The van der Waals surface area contributed by atoms with Crippen LogP contribution in [0.4, 0.5) is 11.4 Å². The van der Waals surface area contributed by atoms with Gasteiger partial charge in [-0.2, -0.15) is 0 Å². The van der Waals surface area contributed by atoms with Gasteiger partial charge in [0.2, 0.25) is 0 Å². The predicted octanol–water partition coefficient (Wildman–Crippen LogP) is 3.67. The number of hydrogen-bond donors (Lipinski definition) is 2. The summed E-state index contributed by atoms with van der Waals surface area (Å²) in [5, 5.41) is 7.83. The summed E-state index contributed by atoms with van der Waals surface area (Å²) in [5.41, 5.74) is 4.25. The van der Waals surface area contributed by atoms with Gasteiger partial charge in [0.05, 0.1) is 29.3 Å². The Morgan fingerprint density at radius 1 is 1.00 bits per heavy atom. The Balaban J connectivity index is 1.79. The van der Waals surface area contributed by atoms with Crippen molar-refractivity contribution in [1.82, 2.24) is 9.97 Å². The molecule has 0 bridgehead atoms. The lowest BCUT2D eigenvalue weighted by molar-refractivity contribution is 1.13. The maximum absolute atomic E-state index is 4.47. The SMILES string of the molecule is CCNc1cncc(NCc2cccc3cccnc23)c1. The van der Waals surface area contributed by atoms with Crippen LogP contribution >= 0.6 is 0 Å². The Morgan fingerprint density at radius 3 is 2.67 bits per heavy atom. The molecule has 3 rings (SSSR count). The topological polar surface area (TPSA) is 49.8 Å². The average Bonchev–Trinajstić information content (AvgIpc) is 2.53. The second-order valence-corrected chi connectivity index (χ2v) is 4.84. The van der Waals surface area contributed by atoms with Crippen LogP contribution in [-0.2, 0) is 6.54 Å². The fraction of sp³-hybridized carbons (Fsp3) is 0.176. The van der Waals surface area contributed by atoms with E-state index in [9.17, 15) is 0 Å². The van der Waals surface area contributed by atoms with E-state index in [-0.39, 0.29) is 0 Å². The molecule has 0 aliphatic rings. The quantitative estimate of drug-likeness (QED) is 0.747. The normalized spacial score (nSPS) is 10.5. The second-order valence-electron chi connectivity index (χ2n) is 4.84. The fourth-order valence-corrected chi connectivity index (χ4v) is 2.34. The van der Waals surface area contributed by atoms with Crippen LogP contribution in [0.1, 0.15) is 12.5 Å². The smallest absolute Gasteiger partial charge is 0.0751 e. The maximum Gasteiger partial charge on any atom is 0.0751 e. The minimum atomic E-state index is 0.728. The molecule has 3 aromatic rings. The molecule has 2 heterocycles. The molecule has 0 spiro atoms. The number of pyridine rings is 2. The number of para-hydroxylation sites is 1. The van der Waals surface area contributed by atoms with Crippen LogP contribution < -0.4 is 10.6 Å². The molecular weight excluding hydrogens is 260 g/mol. The van der Waals surface area contributed by atoms with Crippen molar-refractivity contribution < 1.29 is 0 Å². The Morgan fingerprint density at radius 2 is 1.81 bits per heavy atom. The highest BCUT2D eigenvalue weighted by Gasteiger charge is 2.02. The lowest BCUT2D eigenvalue weighted by Crippen LogP contribution is -2.03. The molecule has 0 unspecified atom stereocenters. The van der Waals surface area contributed by atoms with Crippen molar-refractivity contribution in [2.75, 3.05) is 17.2 Å². The van der Waals surface area contributed by atoms with E-state index in [1.165, 1.54) is 5.56 Å². The van der Waals surface area contributed by atoms with Crippen molar-refractivity contribution in [2.24, 2.45) is 0 Å². The minimum Gasteiger partial charge on any atom is -0.384 e. The molecule has 0 aliphatic heterocycles. The maximum atomic E-state index is 4.47. The molecule has 0 radical (unpaired) electrons. The van der Waals surface area contributed by atoms with Crippen LogP contribution in [-0.4, -0.2) is 16.5 Å². The van der Waals surface area contributed by atoms with Crippen molar-refractivity contribution in [2.45, 2.75) is 13.5 Å². The summed E-state index contributed by atoms with van der Waals surface area (Å²) in [5.74, 6) is 0. The van der Waals surface area contributed by atoms with Crippen molar-refractivity contribution >= 4 is 22.3 Å². The van der Waals surface area contributed by atoms with Gasteiger partial charge in [0.25, 0.3) is 0 Å². The van der Waals surface area contributed by atoms with E-state index in [0.717, 1.165) is 35.4 Å². The first kappa shape index (κ1) is 13.4. The van der Waals surface area contributed by atoms with Crippen molar-refractivity contribution in [3.63, 3.8) is 0 Å². The van der Waals surface area contributed by atoms with Crippen LogP contribution in [0.2, 0.25) is 0 Å². The largest absolute Gasteiger partial charge is 0.384 e. The molecule has 4 heteroatoms. The Hall–Kier alpha value is -2.62. The van der Waals surface area contributed by atoms with Crippen molar-refractivity contribution in [3.05, 3.63) is 60.6 Å². The van der Waals surface area contributed by atoms with Gasteiger partial charge >= 0.3 is 0 Å². The highest BCUT2D eigenvalue weighted by Crippen LogP contribution is 2.18. The van der Waals surface area contributed by atoms with Crippen LogP contribution in [0.5, 0.6) is 0 Å². The number of hydrogen-bond acceptors (Lipinski definition) is 4. The average molecular weight is 278 g/mol. The van der Waals surface area contributed by atoms with Gasteiger partial charge in [-0.1, -0.05) is 24.3 Å². The van der Waals surface area contributed by atoms with Crippen LogP contribution in [0.3, 0.4) is 0 Å². The summed E-state index contributed by atoms with van der Waals surface area (Å²) in [6.45, 7) is 3.69. The van der Waals surface area contributed by atoms with Gasteiger partial charge in [-0.15, -0.1) is 0 Å². The Bertz CT molecular complexity index is 734. The summed E-state index contributed by atoms with van der Waals surface area (Å²) in [4.78, 5) is 8.71. The van der Waals surface area contributed by atoms with Crippen LogP contribution in [0, 0.1) is 0 Å². The Kier molecular flexibility index (Phi) is 3.96. The molecule has 0 saturated carbocycles. The number of benzene rings is 1. The number of nitrogens with zero attached hydrogens (tertiary/aromatic N) is 2. The summed E-state index contributed by atoms with van der Waals surface area (Å²) >= 11 is 0. The van der Waals surface area contributed by atoms with Crippen LogP contribution in [0.25, 0.3) is 10.9 Å². The van der Waals surface area contributed by atoms with E-state index in [0.29, 0.717) is 0 Å². The molecule has 0 aliphatic carbocycles. The van der Waals surface area contributed by atoms with Gasteiger partial charge in [0.1, 0.15) is 0 Å². The number of fused-ring (bicyclic) bond motifs is 1. The van der Waals surface area contributed by atoms with Crippen molar-refractivity contribution in [3.8, 4) is 0 Å². The van der Waals surface area contributed by atoms with Crippen molar-refractivity contribution in [1.29, 1.82) is 0 Å². The first-order valence-electron chi connectivity index (χ1n) is 7.12. The van der Waals surface area contributed by atoms with E-state index in [4.69, 9.17) is 0 Å². The molecule has 0 amide bonds. The van der Waals surface area contributed by atoms with E-state index >= 15 is 0 Å². The highest BCUT2D eigenvalue weighted by molar-refractivity contribution is 5.81. The van der Waals surface area contributed by atoms with Gasteiger partial charge in [0.15, 0.2) is 0 Å². The third-order valence-electron chi connectivity index (χ3n) is 3.32. The second kappa shape index (κ2) is 6.22.